The van der Waals surface area contributed by atoms with E-state index in [1.165, 1.54) is 83.5 Å². The number of alkyl carbamates (subject to hydrolysis) is 1. The molecule has 0 unspecified atom stereocenters. The number of ether oxygens (including phenoxy) is 2. The van der Waals surface area contributed by atoms with Crippen molar-refractivity contribution in [3.8, 4) is 0 Å². The molecule has 0 spiro atoms. The van der Waals surface area contributed by atoms with Crippen molar-refractivity contribution in [3.05, 3.63) is 42.7 Å². The molecule has 0 aliphatic rings. The summed E-state index contributed by atoms with van der Waals surface area (Å²) in [5.74, 6) is 0. The van der Waals surface area contributed by atoms with E-state index >= 15 is 0 Å². The second-order valence-corrected chi connectivity index (χ2v) is 9.72. The summed E-state index contributed by atoms with van der Waals surface area (Å²) in [5.41, 5.74) is 0.797. The van der Waals surface area contributed by atoms with Gasteiger partial charge in [-0.15, -0.1) is 0 Å². The Morgan fingerprint density at radius 1 is 0.750 bits per heavy atom. The van der Waals surface area contributed by atoms with Gasteiger partial charge in [0.25, 0.3) is 0 Å². The van der Waals surface area contributed by atoms with Crippen molar-refractivity contribution >= 4 is 6.09 Å². The number of pyridine rings is 1. The molecule has 0 fully saturated rings. The summed E-state index contributed by atoms with van der Waals surface area (Å²) in [6.07, 6.45) is 24.7. The number of hydrogen-bond acceptors (Lipinski definition) is 3. The molecule has 208 valence electrons. The van der Waals surface area contributed by atoms with Crippen LogP contribution in [0.1, 0.15) is 110 Å². The Labute approximate surface area is 232 Å². The van der Waals surface area contributed by atoms with Gasteiger partial charge in [-0.2, -0.15) is 0 Å². The average molecular weight is 570 g/mol. The molecule has 0 aliphatic heterocycles. The molecule has 0 aromatic carbocycles. The van der Waals surface area contributed by atoms with E-state index in [1.54, 1.807) is 0 Å². The van der Waals surface area contributed by atoms with Crippen molar-refractivity contribution in [2.24, 2.45) is 0 Å². The van der Waals surface area contributed by atoms with E-state index in [0.29, 0.717) is 13.2 Å². The topological polar surface area (TPSA) is 51.4 Å². The number of carbonyl (C=O) groups is 1. The van der Waals surface area contributed by atoms with Crippen LogP contribution in [0.3, 0.4) is 0 Å². The molecule has 0 radical (unpaired) electrons. The van der Waals surface area contributed by atoms with E-state index in [-0.39, 0.29) is 29.7 Å². The van der Waals surface area contributed by atoms with Crippen LogP contribution in [0.25, 0.3) is 0 Å². The zero-order valence-electron chi connectivity index (χ0n) is 23.0. The number of halogens is 1. The molecule has 5 nitrogen and oxygen atoms in total. The molecule has 1 heterocycles. The fraction of sp³-hybridized carbons (Fsp3) is 0.733. The minimum atomic E-state index is -0.384. The summed E-state index contributed by atoms with van der Waals surface area (Å²) in [6, 6.07) is 6.05. The molecule has 1 aromatic heterocycles. The zero-order valence-corrected chi connectivity index (χ0v) is 24.6. The Kier molecular flexibility index (Phi) is 25.6. The van der Waals surface area contributed by atoms with Gasteiger partial charge in [0.2, 0.25) is 0 Å². The molecule has 36 heavy (non-hydrogen) atoms. The average Bonchev–Trinajstić information content (AvgIpc) is 2.87. The number of nitrogens with one attached hydrogen (secondary N) is 1. The van der Waals surface area contributed by atoms with Crippen LogP contribution in [0.2, 0.25) is 0 Å². The number of nitrogens with zero attached hydrogens (tertiary/aromatic N) is 1. The van der Waals surface area contributed by atoms with Gasteiger partial charge in [-0.1, -0.05) is 103 Å². The first-order valence-corrected chi connectivity index (χ1v) is 14.3. The van der Waals surface area contributed by atoms with Gasteiger partial charge in [0, 0.05) is 31.7 Å². The molecule has 1 amide bonds. The second kappa shape index (κ2) is 26.7. The Morgan fingerprint density at radius 2 is 1.31 bits per heavy atom. The highest BCUT2D eigenvalue weighted by atomic mass is 79.9. The first kappa shape index (κ1) is 34.6. The fourth-order valence-corrected chi connectivity index (χ4v) is 4.07. The van der Waals surface area contributed by atoms with Crippen LogP contribution < -0.4 is 26.9 Å². The lowest BCUT2D eigenvalue weighted by atomic mass is 10.0. The summed E-state index contributed by atoms with van der Waals surface area (Å²) in [4.78, 5) is 11.8. The van der Waals surface area contributed by atoms with Crippen molar-refractivity contribution in [3.63, 3.8) is 0 Å². The summed E-state index contributed by atoms with van der Waals surface area (Å²) in [5, 5.41) is 2.80. The highest BCUT2D eigenvalue weighted by Crippen LogP contribution is 2.13. The minimum absolute atomic E-state index is 0. The summed E-state index contributed by atoms with van der Waals surface area (Å²) < 4.78 is 13.0. The molecule has 1 aromatic rings. The normalized spacial score (nSPS) is 10.6. The predicted octanol–water partition coefficient (Wildman–Crippen LogP) is 4.54. The van der Waals surface area contributed by atoms with Crippen LogP contribution in [0.4, 0.5) is 4.79 Å². The number of rotatable bonds is 24. The first-order chi connectivity index (χ1) is 17.2. The van der Waals surface area contributed by atoms with Crippen molar-refractivity contribution < 1.29 is 35.8 Å². The number of amides is 1. The van der Waals surface area contributed by atoms with Gasteiger partial charge in [0.1, 0.15) is 13.2 Å². The molecule has 0 bridgehead atoms. The largest absolute Gasteiger partial charge is 1.00 e. The highest BCUT2D eigenvalue weighted by molar-refractivity contribution is 5.67. The molecule has 6 heteroatoms. The number of hydrogen-bond donors (Lipinski definition) is 1. The minimum Gasteiger partial charge on any atom is -1.00 e. The second-order valence-electron chi connectivity index (χ2n) is 9.72. The summed E-state index contributed by atoms with van der Waals surface area (Å²) in [7, 11) is 0. The van der Waals surface area contributed by atoms with E-state index in [2.05, 4.69) is 35.8 Å². The number of carbonyl (C=O) groups excluding carboxylic acids is 1. The predicted molar refractivity (Wildman–Crippen MR) is 145 cm³/mol. The lowest BCUT2D eigenvalue weighted by Crippen LogP contribution is -3.00. The van der Waals surface area contributed by atoms with Gasteiger partial charge in [-0.05, 0) is 18.4 Å². The van der Waals surface area contributed by atoms with Crippen molar-refractivity contribution in [2.45, 2.75) is 116 Å². The molecule has 0 saturated carbocycles. The van der Waals surface area contributed by atoms with Crippen LogP contribution in [0, 0.1) is 0 Å². The van der Waals surface area contributed by atoms with Crippen molar-refractivity contribution in [1.82, 2.24) is 5.32 Å². The van der Waals surface area contributed by atoms with E-state index in [4.69, 9.17) is 9.47 Å². The van der Waals surface area contributed by atoms with Crippen molar-refractivity contribution in [1.29, 1.82) is 0 Å². The zero-order chi connectivity index (χ0) is 25.2. The van der Waals surface area contributed by atoms with Crippen LogP contribution in [0.15, 0.2) is 42.7 Å². The van der Waals surface area contributed by atoms with E-state index in [9.17, 15) is 4.79 Å². The van der Waals surface area contributed by atoms with Gasteiger partial charge >= 0.3 is 6.09 Å². The third-order valence-electron chi connectivity index (χ3n) is 6.25. The van der Waals surface area contributed by atoms with Crippen LogP contribution in [0.5, 0.6) is 0 Å². The van der Waals surface area contributed by atoms with Crippen LogP contribution in [-0.2, 0) is 16.0 Å². The Bertz CT molecular complexity index is 628. The maximum atomic E-state index is 11.8. The summed E-state index contributed by atoms with van der Waals surface area (Å²) in [6.45, 7) is 9.22. The third kappa shape index (κ3) is 23.0. The highest BCUT2D eigenvalue weighted by Gasteiger charge is 2.04. The lowest BCUT2D eigenvalue weighted by molar-refractivity contribution is -0.697. The third-order valence-corrected chi connectivity index (χ3v) is 6.25. The maximum absolute atomic E-state index is 11.8. The van der Waals surface area contributed by atoms with E-state index in [0.717, 1.165) is 38.0 Å². The standard InChI is InChI=1S/C30H52N2O3.BrH/c1-3-4-5-6-7-8-9-10-11-12-13-14-15-21-26-34-27-29(2)28-35-30(33)31-22-17-20-25-32-23-18-16-19-24-32;/h16,18-19,23-24H,2-15,17,20-22,25-28H2,1H3;1H. The SMILES string of the molecule is C=C(COCCCCCCCCCCCCCCCC)COC(=O)NCCCC[n+]1ccccc1.[Br-]. The van der Waals surface area contributed by atoms with E-state index < -0.39 is 0 Å². The molecular formula is C30H53BrN2O3. The Morgan fingerprint density at radius 3 is 1.89 bits per heavy atom. The van der Waals surface area contributed by atoms with Gasteiger partial charge in [-0.25, -0.2) is 9.36 Å². The number of aryl methyl sites for hydroxylation is 1. The summed E-state index contributed by atoms with van der Waals surface area (Å²) >= 11 is 0. The maximum Gasteiger partial charge on any atom is 0.407 e. The van der Waals surface area contributed by atoms with E-state index in [1.807, 2.05) is 18.2 Å². The number of aromatic nitrogens is 1. The first-order valence-electron chi connectivity index (χ1n) is 14.3. The molecule has 1 rings (SSSR count). The fourth-order valence-electron chi connectivity index (χ4n) is 4.07. The molecule has 0 aliphatic carbocycles. The van der Waals surface area contributed by atoms with Gasteiger partial charge in [0.05, 0.1) is 6.61 Å². The van der Waals surface area contributed by atoms with Gasteiger partial charge < -0.3 is 31.8 Å². The molecule has 1 N–H and O–H groups in total. The monoisotopic (exact) mass is 568 g/mol. The quantitative estimate of drug-likeness (QED) is 0.113. The van der Waals surface area contributed by atoms with Crippen LogP contribution >= 0.6 is 0 Å². The van der Waals surface area contributed by atoms with Gasteiger partial charge in [-0.3, -0.25) is 0 Å². The van der Waals surface area contributed by atoms with Crippen LogP contribution in [-0.4, -0.2) is 32.5 Å². The van der Waals surface area contributed by atoms with Crippen molar-refractivity contribution in [2.75, 3.05) is 26.4 Å². The molecular weight excluding hydrogens is 516 g/mol. The Hall–Kier alpha value is -1.40. The van der Waals surface area contributed by atoms with Gasteiger partial charge in [0.15, 0.2) is 12.4 Å². The Balaban J connectivity index is 0.0000122. The molecule has 0 atom stereocenters. The molecule has 0 saturated heterocycles. The lowest BCUT2D eigenvalue weighted by Gasteiger charge is -2.09. The smallest absolute Gasteiger partial charge is 0.407 e. The number of unbranched alkanes of at least 4 members (excludes halogenated alkanes) is 14.